The Balaban J connectivity index is 2.52. The number of aromatic hydroxyl groups is 1. The van der Waals surface area contributed by atoms with Gasteiger partial charge in [-0.25, -0.2) is 4.79 Å². The molecule has 0 spiro atoms. The van der Waals surface area contributed by atoms with Crippen molar-refractivity contribution in [3.8, 4) is 5.75 Å². The van der Waals surface area contributed by atoms with Crippen molar-refractivity contribution in [3.63, 3.8) is 0 Å². The molecule has 0 saturated heterocycles. The highest BCUT2D eigenvalue weighted by molar-refractivity contribution is 5.92. The van der Waals surface area contributed by atoms with Gasteiger partial charge in [0, 0.05) is 6.04 Å². The fourth-order valence-corrected chi connectivity index (χ4v) is 2.05. The first kappa shape index (κ1) is 9.98. The van der Waals surface area contributed by atoms with Crippen molar-refractivity contribution in [1.82, 2.24) is 0 Å². The molecule has 0 fully saturated rings. The van der Waals surface area contributed by atoms with E-state index in [2.05, 4.69) is 4.74 Å². The number of hydrogen-bond acceptors (Lipinski definition) is 4. The number of phenolic OH excluding ortho intramolecular Hbond substituents is 1. The van der Waals surface area contributed by atoms with Crippen LogP contribution in [-0.2, 0) is 17.6 Å². The average molecular weight is 207 g/mol. The first-order valence-corrected chi connectivity index (χ1v) is 4.80. The summed E-state index contributed by atoms with van der Waals surface area (Å²) in [6.45, 7) is 0. The Morgan fingerprint density at radius 2 is 2.27 bits per heavy atom. The van der Waals surface area contributed by atoms with Crippen LogP contribution in [0.3, 0.4) is 0 Å². The van der Waals surface area contributed by atoms with Crippen molar-refractivity contribution in [2.45, 2.75) is 18.9 Å². The lowest BCUT2D eigenvalue weighted by Gasteiger charge is -2.07. The lowest BCUT2D eigenvalue weighted by Crippen LogP contribution is -2.19. The third-order valence-corrected chi connectivity index (χ3v) is 2.68. The zero-order valence-electron chi connectivity index (χ0n) is 8.49. The molecule has 0 radical (unpaired) electrons. The molecule has 1 aromatic carbocycles. The van der Waals surface area contributed by atoms with E-state index in [1.54, 1.807) is 6.07 Å². The molecule has 4 nitrogen and oxygen atoms in total. The van der Waals surface area contributed by atoms with Crippen LogP contribution in [0, 0.1) is 0 Å². The Kier molecular flexibility index (Phi) is 2.36. The first-order chi connectivity index (χ1) is 7.11. The molecule has 0 aliphatic heterocycles. The summed E-state index contributed by atoms with van der Waals surface area (Å²) in [5.41, 5.74) is 8.10. The number of ether oxygens (including phenoxy) is 1. The number of benzene rings is 1. The predicted molar refractivity (Wildman–Crippen MR) is 54.8 cm³/mol. The maximum atomic E-state index is 11.5. The highest BCUT2D eigenvalue weighted by Crippen LogP contribution is 2.29. The molecule has 1 atom stereocenters. The third kappa shape index (κ3) is 1.68. The van der Waals surface area contributed by atoms with Crippen LogP contribution in [0.5, 0.6) is 5.75 Å². The molecule has 1 unspecified atom stereocenters. The fraction of sp³-hybridized carbons (Fsp3) is 0.364. The van der Waals surface area contributed by atoms with Crippen LogP contribution in [0.25, 0.3) is 0 Å². The van der Waals surface area contributed by atoms with Gasteiger partial charge in [0.15, 0.2) is 0 Å². The van der Waals surface area contributed by atoms with E-state index in [1.807, 2.05) is 0 Å². The summed E-state index contributed by atoms with van der Waals surface area (Å²) in [5.74, 6) is -0.334. The Morgan fingerprint density at radius 1 is 1.53 bits per heavy atom. The number of rotatable bonds is 1. The quantitative estimate of drug-likeness (QED) is 0.661. The van der Waals surface area contributed by atoms with Crippen molar-refractivity contribution in [2.75, 3.05) is 7.11 Å². The van der Waals surface area contributed by atoms with E-state index < -0.39 is 5.97 Å². The molecule has 0 saturated carbocycles. The van der Waals surface area contributed by atoms with E-state index in [-0.39, 0.29) is 11.8 Å². The van der Waals surface area contributed by atoms with Crippen molar-refractivity contribution in [3.05, 3.63) is 28.8 Å². The van der Waals surface area contributed by atoms with Gasteiger partial charge in [-0.2, -0.15) is 0 Å². The number of methoxy groups -OCH3 is 1. The second-order valence-electron chi connectivity index (χ2n) is 3.79. The maximum Gasteiger partial charge on any atom is 0.338 e. The van der Waals surface area contributed by atoms with Gasteiger partial charge < -0.3 is 15.6 Å². The van der Waals surface area contributed by atoms with Gasteiger partial charge in [-0.05, 0) is 36.1 Å². The van der Waals surface area contributed by atoms with Crippen molar-refractivity contribution in [2.24, 2.45) is 5.73 Å². The molecule has 4 heteroatoms. The van der Waals surface area contributed by atoms with Gasteiger partial charge in [-0.3, -0.25) is 0 Å². The Bertz CT molecular complexity index is 415. The summed E-state index contributed by atoms with van der Waals surface area (Å²) >= 11 is 0. The third-order valence-electron chi connectivity index (χ3n) is 2.68. The molecule has 80 valence electrons. The van der Waals surface area contributed by atoms with Gasteiger partial charge >= 0.3 is 5.97 Å². The molecule has 1 aliphatic rings. The number of esters is 1. The summed E-state index contributed by atoms with van der Waals surface area (Å²) in [6.07, 6.45) is 1.37. The van der Waals surface area contributed by atoms with E-state index >= 15 is 0 Å². The Labute approximate surface area is 87.7 Å². The Hall–Kier alpha value is -1.55. The molecule has 1 aromatic rings. The minimum atomic E-state index is -0.420. The number of hydrogen-bond donors (Lipinski definition) is 2. The van der Waals surface area contributed by atoms with Gasteiger partial charge in [-0.1, -0.05) is 0 Å². The van der Waals surface area contributed by atoms with Gasteiger partial charge in [0.1, 0.15) is 5.75 Å². The van der Waals surface area contributed by atoms with Crippen LogP contribution in [-0.4, -0.2) is 24.2 Å². The summed E-state index contributed by atoms with van der Waals surface area (Å²) in [4.78, 5) is 11.5. The molecule has 0 amide bonds. The summed E-state index contributed by atoms with van der Waals surface area (Å²) in [7, 11) is 1.33. The minimum absolute atomic E-state index is 0.0326. The smallest absolute Gasteiger partial charge is 0.338 e. The SMILES string of the molecule is COC(=O)c1cc(O)cc2c1CC(N)C2. The van der Waals surface area contributed by atoms with E-state index in [9.17, 15) is 9.90 Å². The van der Waals surface area contributed by atoms with E-state index in [4.69, 9.17) is 5.73 Å². The van der Waals surface area contributed by atoms with Gasteiger partial charge in [0.25, 0.3) is 0 Å². The van der Waals surface area contributed by atoms with Gasteiger partial charge in [0.05, 0.1) is 12.7 Å². The van der Waals surface area contributed by atoms with E-state index in [0.717, 1.165) is 11.1 Å². The molecule has 2 rings (SSSR count). The fourth-order valence-electron chi connectivity index (χ4n) is 2.05. The molecule has 0 aromatic heterocycles. The standard InChI is InChI=1S/C11H13NO3/c1-15-11(14)10-5-8(13)3-6-2-7(12)4-9(6)10/h3,5,7,13H,2,4,12H2,1H3. The van der Waals surface area contributed by atoms with Crippen LogP contribution in [0.4, 0.5) is 0 Å². The number of fused-ring (bicyclic) bond motifs is 1. The van der Waals surface area contributed by atoms with Crippen molar-refractivity contribution < 1.29 is 14.6 Å². The molecular formula is C11H13NO3. The first-order valence-electron chi connectivity index (χ1n) is 4.80. The van der Waals surface area contributed by atoms with Crippen LogP contribution in [0.15, 0.2) is 12.1 Å². The lowest BCUT2D eigenvalue weighted by atomic mass is 10.0. The Morgan fingerprint density at radius 3 is 2.93 bits per heavy atom. The number of phenols is 1. The zero-order chi connectivity index (χ0) is 11.0. The van der Waals surface area contributed by atoms with Crippen LogP contribution in [0.2, 0.25) is 0 Å². The molecule has 15 heavy (non-hydrogen) atoms. The molecule has 0 heterocycles. The highest BCUT2D eigenvalue weighted by Gasteiger charge is 2.25. The average Bonchev–Trinajstić information content (AvgIpc) is 2.55. The summed E-state index contributed by atoms with van der Waals surface area (Å²) < 4.78 is 4.66. The van der Waals surface area contributed by atoms with Crippen molar-refractivity contribution >= 4 is 5.97 Å². The van der Waals surface area contributed by atoms with Gasteiger partial charge in [-0.15, -0.1) is 0 Å². The monoisotopic (exact) mass is 207 g/mol. The van der Waals surface area contributed by atoms with Crippen LogP contribution >= 0.6 is 0 Å². The maximum absolute atomic E-state index is 11.5. The lowest BCUT2D eigenvalue weighted by molar-refractivity contribution is 0.0599. The summed E-state index contributed by atoms with van der Waals surface area (Å²) in [6, 6.07) is 3.13. The van der Waals surface area contributed by atoms with Crippen molar-refractivity contribution in [1.29, 1.82) is 0 Å². The number of carbonyl (C=O) groups is 1. The molecule has 1 aliphatic carbocycles. The minimum Gasteiger partial charge on any atom is -0.508 e. The van der Waals surface area contributed by atoms with E-state index in [0.29, 0.717) is 18.4 Å². The highest BCUT2D eigenvalue weighted by atomic mass is 16.5. The van der Waals surface area contributed by atoms with Gasteiger partial charge in [0.2, 0.25) is 0 Å². The second-order valence-corrected chi connectivity index (χ2v) is 3.79. The van der Waals surface area contributed by atoms with E-state index in [1.165, 1.54) is 13.2 Å². The zero-order valence-corrected chi connectivity index (χ0v) is 8.49. The molecule has 3 N–H and O–H groups in total. The second kappa shape index (κ2) is 3.55. The predicted octanol–water partition coefficient (Wildman–Crippen LogP) is 0.605. The normalized spacial score (nSPS) is 18.7. The number of carbonyl (C=O) groups excluding carboxylic acids is 1. The largest absolute Gasteiger partial charge is 0.508 e. The molecular weight excluding hydrogens is 194 g/mol. The number of nitrogens with two attached hydrogens (primary N) is 1. The van der Waals surface area contributed by atoms with Crippen LogP contribution in [0.1, 0.15) is 21.5 Å². The summed E-state index contributed by atoms with van der Waals surface area (Å²) in [5, 5.41) is 9.46. The topological polar surface area (TPSA) is 72.5 Å². The molecule has 0 bridgehead atoms. The van der Waals surface area contributed by atoms with Crippen LogP contribution < -0.4 is 5.73 Å².